The molecule has 1 aliphatic heterocycles. The van der Waals surface area contributed by atoms with E-state index in [-0.39, 0.29) is 18.2 Å². The van der Waals surface area contributed by atoms with E-state index in [4.69, 9.17) is 0 Å². The summed E-state index contributed by atoms with van der Waals surface area (Å²) in [5, 5.41) is 21.7. The van der Waals surface area contributed by atoms with E-state index >= 15 is 0 Å². The lowest BCUT2D eigenvalue weighted by molar-refractivity contribution is -0.132. The standard InChI is InChI=1S/C18H27N7O2/c1-14(2)22(3)12-17-19-20-21-25(17)13-18(27)24-10-8-23(9-11-24)15-6-4-5-7-16(15)26/h4-7,14,26H,8-13H2,1-3H3. The molecule has 1 aromatic heterocycles. The van der Waals surface area contributed by atoms with Crippen LogP contribution in [0.25, 0.3) is 0 Å². The molecule has 0 unspecified atom stereocenters. The molecule has 0 saturated carbocycles. The molecule has 0 atom stereocenters. The Bertz CT molecular complexity index is 769. The molecule has 9 heteroatoms. The van der Waals surface area contributed by atoms with Crippen molar-refractivity contribution in [2.75, 3.05) is 38.1 Å². The molecule has 1 aromatic carbocycles. The number of hydrogen-bond acceptors (Lipinski definition) is 7. The maximum absolute atomic E-state index is 12.7. The van der Waals surface area contributed by atoms with E-state index in [1.807, 2.05) is 24.1 Å². The number of tetrazole rings is 1. The van der Waals surface area contributed by atoms with Crippen molar-refractivity contribution in [2.45, 2.75) is 33.0 Å². The predicted octanol–water partition coefficient (Wildman–Crippen LogP) is 0.568. The predicted molar refractivity (Wildman–Crippen MR) is 101 cm³/mol. The van der Waals surface area contributed by atoms with Crippen molar-refractivity contribution in [1.82, 2.24) is 30.0 Å². The van der Waals surface area contributed by atoms with E-state index in [2.05, 4.69) is 39.2 Å². The number of amides is 1. The second kappa shape index (κ2) is 8.34. The number of piperazine rings is 1. The Morgan fingerprint density at radius 1 is 1.22 bits per heavy atom. The highest BCUT2D eigenvalue weighted by Crippen LogP contribution is 2.27. The molecule has 0 bridgehead atoms. The number of phenolic OH excluding ortho intramolecular Hbond substituents is 1. The van der Waals surface area contributed by atoms with Crippen LogP contribution in [0.3, 0.4) is 0 Å². The molecule has 0 aliphatic carbocycles. The Hall–Kier alpha value is -2.68. The van der Waals surface area contributed by atoms with E-state index in [0.717, 1.165) is 5.69 Å². The third kappa shape index (κ3) is 4.54. The smallest absolute Gasteiger partial charge is 0.244 e. The normalized spacial score (nSPS) is 15.0. The second-order valence-corrected chi connectivity index (χ2v) is 7.12. The third-order valence-electron chi connectivity index (χ3n) is 5.02. The molecule has 1 amide bonds. The molecule has 3 rings (SSSR count). The fourth-order valence-corrected chi connectivity index (χ4v) is 3.02. The van der Waals surface area contributed by atoms with Crippen LogP contribution < -0.4 is 4.90 Å². The van der Waals surface area contributed by atoms with Crippen molar-refractivity contribution in [2.24, 2.45) is 0 Å². The van der Waals surface area contributed by atoms with Crippen LogP contribution in [0, 0.1) is 0 Å². The minimum atomic E-state index is 0.00711. The van der Waals surface area contributed by atoms with Gasteiger partial charge in [0, 0.05) is 32.2 Å². The number of para-hydroxylation sites is 2. The van der Waals surface area contributed by atoms with Crippen molar-refractivity contribution >= 4 is 11.6 Å². The fraction of sp³-hybridized carbons (Fsp3) is 0.556. The number of nitrogens with zero attached hydrogens (tertiary/aromatic N) is 7. The molecule has 2 aromatic rings. The number of carbonyl (C=O) groups excluding carboxylic acids is 1. The third-order valence-corrected chi connectivity index (χ3v) is 5.02. The van der Waals surface area contributed by atoms with Crippen molar-refractivity contribution in [1.29, 1.82) is 0 Å². The van der Waals surface area contributed by atoms with Gasteiger partial charge in [0.25, 0.3) is 0 Å². The first-order valence-electron chi connectivity index (χ1n) is 9.21. The van der Waals surface area contributed by atoms with Gasteiger partial charge < -0.3 is 14.9 Å². The largest absolute Gasteiger partial charge is 0.506 e. The van der Waals surface area contributed by atoms with Crippen molar-refractivity contribution in [3.8, 4) is 5.75 Å². The number of carbonyl (C=O) groups is 1. The Morgan fingerprint density at radius 2 is 1.93 bits per heavy atom. The Labute approximate surface area is 159 Å². The molecule has 1 fully saturated rings. The maximum Gasteiger partial charge on any atom is 0.244 e. The lowest BCUT2D eigenvalue weighted by Gasteiger charge is -2.36. The van der Waals surface area contributed by atoms with Crippen LogP contribution in [0.5, 0.6) is 5.75 Å². The van der Waals surface area contributed by atoms with Crippen LogP contribution >= 0.6 is 0 Å². The first-order chi connectivity index (χ1) is 13.0. The molecule has 1 saturated heterocycles. The van der Waals surface area contributed by atoms with E-state index < -0.39 is 0 Å². The zero-order valence-electron chi connectivity index (χ0n) is 16.1. The number of aromatic nitrogens is 4. The number of rotatable bonds is 6. The van der Waals surface area contributed by atoms with Crippen LogP contribution in [0.2, 0.25) is 0 Å². The lowest BCUT2D eigenvalue weighted by Crippen LogP contribution is -2.49. The quantitative estimate of drug-likeness (QED) is 0.791. The van der Waals surface area contributed by atoms with Gasteiger partial charge in [0.2, 0.25) is 5.91 Å². The summed E-state index contributed by atoms with van der Waals surface area (Å²) in [5.74, 6) is 0.963. The van der Waals surface area contributed by atoms with Crippen LogP contribution in [-0.2, 0) is 17.9 Å². The Morgan fingerprint density at radius 3 is 2.59 bits per heavy atom. The molecule has 2 heterocycles. The van der Waals surface area contributed by atoms with Gasteiger partial charge in [-0.15, -0.1) is 5.10 Å². The first kappa shape index (κ1) is 19.1. The molecule has 0 radical (unpaired) electrons. The minimum Gasteiger partial charge on any atom is -0.506 e. The Kier molecular flexibility index (Phi) is 5.90. The van der Waals surface area contributed by atoms with E-state index in [1.165, 1.54) is 0 Å². The van der Waals surface area contributed by atoms with E-state index in [0.29, 0.717) is 44.6 Å². The van der Waals surface area contributed by atoms with Gasteiger partial charge in [0.1, 0.15) is 12.3 Å². The summed E-state index contributed by atoms with van der Waals surface area (Å²) < 4.78 is 1.58. The fourth-order valence-electron chi connectivity index (χ4n) is 3.02. The van der Waals surface area contributed by atoms with Crippen molar-refractivity contribution in [3.05, 3.63) is 30.1 Å². The molecular formula is C18H27N7O2. The summed E-state index contributed by atoms with van der Waals surface area (Å²) in [6.45, 7) is 7.52. The summed E-state index contributed by atoms with van der Waals surface area (Å²) in [6.07, 6.45) is 0. The van der Waals surface area contributed by atoms with Gasteiger partial charge in [-0.25, -0.2) is 4.68 Å². The zero-order valence-corrected chi connectivity index (χ0v) is 16.1. The van der Waals surface area contributed by atoms with E-state index in [1.54, 1.807) is 16.8 Å². The average molecular weight is 373 g/mol. The lowest BCUT2D eigenvalue weighted by atomic mass is 10.2. The molecular weight excluding hydrogens is 346 g/mol. The topological polar surface area (TPSA) is 90.6 Å². The summed E-state index contributed by atoms with van der Waals surface area (Å²) in [6, 6.07) is 7.65. The number of anilines is 1. The van der Waals surface area contributed by atoms with Crippen LogP contribution in [0.4, 0.5) is 5.69 Å². The van der Waals surface area contributed by atoms with Gasteiger partial charge in [0.05, 0.1) is 12.2 Å². The first-order valence-corrected chi connectivity index (χ1v) is 9.21. The average Bonchev–Trinajstić information content (AvgIpc) is 3.08. The van der Waals surface area contributed by atoms with Gasteiger partial charge in [0.15, 0.2) is 5.82 Å². The van der Waals surface area contributed by atoms with Crippen LogP contribution in [0.1, 0.15) is 19.7 Å². The highest BCUT2D eigenvalue weighted by atomic mass is 16.3. The molecule has 0 spiro atoms. The van der Waals surface area contributed by atoms with E-state index in [9.17, 15) is 9.90 Å². The number of benzene rings is 1. The number of hydrogen-bond donors (Lipinski definition) is 1. The van der Waals surface area contributed by atoms with Crippen molar-refractivity contribution in [3.63, 3.8) is 0 Å². The van der Waals surface area contributed by atoms with Gasteiger partial charge in [-0.1, -0.05) is 12.1 Å². The second-order valence-electron chi connectivity index (χ2n) is 7.12. The molecule has 9 nitrogen and oxygen atoms in total. The van der Waals surface area contributed by atoms with Gasteiger partial charge in [-0.05, 0) is 43.5 Å². The molecule has 1 N–H and O–H groups in total. The van der Waals surface area contributed by atoms with Gasteiger partial charge >= 0.3 is 0 Å². The molecule has 27 heavy (non-hydrogen) atoms. The Balaban J connectivity index is 1.56. The molecule has 146 valence electrons. The van der Waals surface area contributed by atoms with Crippen molar-refractivity contribution < 1.29 is 9.90 Å². The monoisotopic (exact) mass is 373 g/mol. The minimum absolute atomic E-state index is 0.00711. The summed E-state index contributed by atoms with van der Waals surface area (Å²) in [7, 11) is 2.00. The summed E-state index contributed by atoms with van der Waals surface area (Å²) >= 11 is 0. The van der Waals surface area contributed by atoms with Gasteiger partial charge in [-0.2, -0.15) is 0 Å². The van der Waals surface area contributed by atoms with Gasteiger partial charge in [-0.3, -0.25) is 9.69 Å². The molecule has 1 aliphatic rings. The maximum atomic E-state index is 12.7. The van der Waals surface area contributed by atoms with Crippen LogP contribution in [0.15, 0.2) is 24.3 Å². The SMILES string of the molecule is CC(C)N(C)Cc1nnnn1CC(=O)N1CCN(c2ccccc2O)CC1. The number of aromatic hydroxyl groups is 1. The zero-order chi connectivity index (χ0) is 19.4. The number of phenols is 1. The highest BCUT2D eigenvalue weighted by Gasteiger charge is 2.24. The summed E-state index contributed by atoms with van der Waals surface area (Å²) in [4.78, 5) is 18.7. The van der Waals surface area contributed by atoms with Crippen LogP contribution in [-0.4, -0.2) is 80.3 Å². The highest BCUT2D eigenvalue weighted by molar-refractivity contribution is 5.76. The summed E-state index contributed by atoms with van der Waals surface area (Å²) in [5.41, 5.74) is 0.809.